The molecule has 0 spiro atoms. The van der Waals surface area contributed by atoms with Gasteiger partial charge in [-0.05, 0) is 35.0 Å². The van der Waals surface area contributed by atoms with E-state index in [2.05, 4.69) is 52.0 Å². The van der Waals surface area contributed by atoms with Crippen molar-refractivity contribution in [2.75, 3.05) is 0 Å². The molecular formula is C18H11N3S. The smallest absolute Gasteiger partial charge is 0.195 e. The molecule has 2 aromatic carbocycles. The first-order valence-corrected chi connectivity index (χ1v) is 7.92. The van der Waals surface area contributed by atoms with Crippen LogP contribution in [0.1, 0.15) is 0 Å². The molecule has 4 heteroatoms. The van der Waals surface area contributed by atoms with Gasteiger partial charge in [0, 0.05) is 12.4 Å². The number of hydrogen-bond acceptors (Lipinski definition) is 3. The molecule has 5 rings (SSSR count). The van der Waals surface area contributed by atoms with Crippen molar-refractivity contribution in [2.45, 2.75) is 0 Å². The van der Waals surface area contributed by atoms with Crippen LogP contribution in [0.2, 0.25) is 0 Å². The Morgan fingerprint density at radius 2 is 1.73 bits per heavy atom. The number of fused-ring (bicyclic) bond motifs is 4. The Bertz CT molecular complexity index is 1120. The second-order valence-corrected chi connectivity index (χ2v) is 6.27. The van der Waals surface area contributed by atoms with Crippen LogP contribution < -0.4 is 0 Å². The Hall–Kier alpha value is -2.72. The zero-order valence-electron chi connectivity index (χ0n) is 11.6. The summed E-state index contributed by atoms with van der Waals surface area (Å²) >= 11 is 1.67. The Kier molecular flexibility index (Phi) is 2.37. The fourth-order valence-electron chi connectivity index (χ4n) is 2.82. The summed E-state index contributed by atoms with van der Waals surface area (Å²) in [5.41, 5.74) is 3.18. The van der Waals surface area contributed by atoms with Crippen LogP contribution in [0.3, 0.4) is 0 Å². The van der Waals surface area contributed by atoms with Gasteiger partial charge in [-0.15, -0.1) is 0 Å². The van der Waals surface area contributed by atoms with Crippen molar-refractivity contribution >= 4 is 38.1 Å². The lowest BCUT2D eigenvalue weighted by Gasteiger charge is -1.98. The van der Waals surface area contributed by atoms with Gasteiger partial charge in [0.25, 0.3) is 0 Å². The molecule has 0 atom stereocenters. The molecule has 0 radical (unpaired) electrons. The molecule has 3 heterocycles. The van der Waals surface area contributed by atoms with E-state index in [0.29, 0.717) is 0 Å². The summed E-state index contributed by atoms with van der Waals surface area (Å²) < 4.78 is 2.16. The quantitative estimate of drug-likeness (QED) is 0.446. The number of thiazole rings is 1. The molecule has 0 aliphatic heterocycles. The third-order valence-electron chi connectivity index (χ3n) is 3.89. The molecule has 0 N–H and O–H groups in total. The summed E-state index contributed by atoms with van der Waals surface area (Å²) in [7, 11) is 0. The van der Waals surface area contributed by atoms with Gasteiger partial charge in [-0.1, -0.05) is 41.7 Å². The fraction of sp³-hybridized carbons (Fsp3) is 0. The first-order chi connectivity index (χ1) is 10.9. The molecule has 0 saturated heterocycles. The summed E-state index contributed by atoms with van der Waals surface area (Å²) in [6.07, 6.45) is 3.95. The number of benzene rings is 2. The van der Waals surface area contributed by atoms with E-state index in [0.717, 1.165) is 26.6 Å². The van der Waals surface area contributed by atoms with Gasteiger partial charge < -0.3 is 0 Å². The molecule has 0 amide bonds. The lowest BCUT2D eigenvalue weighted by molar-refractivity contribution is 1.27. The summed E-state index contributed by atoms with van der Waals surface area (Å²) in [6, 6.07) is 18.7. The van der Waals surface area contributed by atoms with Crippen molar-refractivity contribution < 1.29 is 0 Å². The number of rotatable bonds is 1. The van der Waals surface area contributed by atoms with Crippen molar-refractivity contribution in [1.29, 1.82) is 0 Å². The Labute approximate surface area is 130 Å². The van der Waals surface area contributed by atoms with E-state index in [1.165, 1.54) is 10.8 Å². The monoisotopic (exact) mass is 301 g/mol. The van der Waals surface area contributed by atoms with E-state index in [1.807, 2.05) is 24.4 Å². The summed E-state index contributed by atoms with van der Waals surface area (Å²) in [6.45, 7) is 0. The lowest BCUT2D eigenvalue weighted by Crippen LogP contribution is -1.80. The maximum atomic E-state index is 4.77. The number of imidazole rings is 1. The third-order valence-corrected chi connectivity index (χ3v) is 4.89. The Morgan fingerprint density at radius 1 is 0.909 bits per heavy atom. The topological polar surface area (TPSA) is 30.2 Å². The normalized spacial score (nSPS) is 11.6. The van der Waals surface area contributed by atoms with Gasteiger partial charge in [0.05, 0.1) is 21.6 Å². The lowest BCUT2D eigenvalue weighted by atomic mass is 10.1. The Balaban J connectivity index is 1.81. The van der Waals surface area contributed by atoms with Crippen LogP contribution in [-0.4, -0.2) is 14.4 Å². The summed E-state index contributed by atoms with van der Waals surface area (Å²) in [4.78, 5) is 11.3. The highest BCUT2D eigenvalue weighted by atomic mass is 32.1. The molecule has 0 aliphatic rings. The van der Waals surface area contributed by atoms with Gasteiger partial charge in [0.15, 0.2) is 4.96 Å². The molecule has 22 heavy (non-hydrogen) atoms. The fourth-order valence-corrected chi connectivity index (χ4v) is 3.80. The maximum Gasteiger partial charge on any atom is 0.195 e. The van der Waals surface area contributed by atoms with Crippen molar-refractivity contribution in [3.8, 4) is 10.6 Å². The minimum Gasteiger partial charge on any atom is -0.290 e. The number of pyridine rings is 1. The Morgan fingerprint density at radius 3 is 2.55 bits per heavy atom. The highest BCUT2D eigenvalue weighted by molar-refractivity contribution is 7.20. The van der Waals surface area contributed by atoms with Crippen LogP contribution >= 0.6 is 11.3 Å². The minimum atomic E-state index is 0.993. The molecule has 0 bridgehead atoms. The number of aromatic nitrogens is 3. The predicted molar refractivity (Wildman–Crippen MR) is 91.3 cm³/mol. The second-order valence-electron chi connectivity index (χ2n) is 5.26. The molecule has 3 nitrogen and oxygen atoms in total. The van der Waals surface area contributed by atoms with E-state index in [4.69, 9.17) is 4.98 Å². The molecule has 104 valence electrons. The van der Waals surface area contributed by atoms with Gasteiger partial charge in [0.2, 0.25) is 0 Å². The molecule has 0 saturated carbocycles. The SMILES string of the molecule is c1ccc(-c2cn3c(nc4cc5ccccc5cc43)s2)nc1. The molecule has 3 aromatic heterocycles. The van der Waals surface area contributed by atoms with Gasteiger partial charge in [-0.25, -0.2) is 4.98 Å². The highest BCUT2D eigenvalue weighted by Gasteiger charge is 2.11. The number of hydrogen-bond donors (Lipinski definition) is 0. The van der Waals surface area contributed by atoms with Crippen molar-refractivity contribution in [2.24, 2.45) is 0 Å². The first kappa shape index (κ1) is 11.9. The molecule has 5 aromatic rings. The molecular weight excluding hydrogens is 290 g/mol. The molecule has 0 fully saturated rings. The van der Waals surface area contributed by atoms with Crippen LogP contribution in [0.25, 0.3) is 37.3 Å². The maximum absolute atomic E-state index is 4.77. The van der Waals surface area contributed by atoms with Crippen molar-refractivity contribution in [3.63, 3.8) is 0 Å². The van der Waals surface area contributed by atoms with Gasteiger partial charge in [0.1, 0.15) is 0 Å². The van der Waals surface area contributed by atoms with E-state index >= 15 is 0 Å². The van der Waals surface area contributed by atoms with Crippen LogP contribution in [0.4, 0.5) is 0 Å². The molecule has 0 unspecified atom stereocenters. The van der Waals surface area contributed by atoms with Crippen LogP contribution in [0.5, 0.6) is 0 Å². The first-order valence-electron chi connectivity index (χ1n) is 7.10. The van der Waals surface area contributed by atoms with E-state index in [1.54, 1.807) is 11.3 Å². The summed E-state index contributed by atoms with van der Waals surface area (Å²) in [5.74, 6) is 0. The zero-order chi connectivity index (χ0) is 14.5. The summed E-state index contributed by atoms with van der Waals surface area (Å²) in [5, 5.41) is 2.47. The van der Waals surface area contributed by atoms with E-state index < -0.39 is 0 Å². The van der Waals surface area contributed by atoms with Crippen LogP contribution in [0.15, 0.2) is 67.0 Å². The predicted octanol–water partition coefficient (Wildman–Crippen LogP) is 4.76. The average molecular weight is 301 g/mol. The van der Waals surface area contributed by atoms with Gasteiger partial charge in [-0.3, -0.25) is 9.38 Å². The van der Waals surface area contributed by atoms with Crippen molar-refractivity contribution in [1.82, 2.24) is 14.4 Å². The highest BCUT2D eigenvalue weighted by Crippen LogP contribution is 2.31. The van der Waals surface area contributed by atoms with Crippen LogP contribution in [-0.2, 0) is 0 Å². The van der Waals surface area contributed by atoms with Gasteiger partial charge >= 0.3 is 0 Å². The zero-order valence-corrected chi connectivity index (χ0v) is 12.4. The van der Waals surface area contributed by atoms with Crippen LogP contribution in [0, 0.1) is 0 Å². The molecule has 0 aliphatic carbocycles. The van der Waals surface area contributed by atoms with Gasteiger partial charge in [-0.2, -0.15) is 0 Å². The average Bonchev–Trinajstić information content (AvgIpc) is 3.11. The number of nitrogens with zero attached hydrogens (tertiary/aromatic N) is 3. The standard InChI is InChI=1S/C18H11N3S/c1-2-6-13-10-16-15(9-12(13)5-1)20-18-21(16)11-17(22-18)14-7-3-4-8-19-14/h1-11H. The van der Waals surface area contributed by atoms with Crippen molar-refractivity contribution in [3.05, 3.63) is 67.0 Å². The minimum absolute atomic E-state index is 0.993. The largest absolute Gasteiger partial charge is 0.290 e. The van der Waals surface area contributed by atoms with E-state index in [-0.39, 0.29) is 0 Å². The third kappa shape index (κ3) is 1.68. The second kappa shape index (κ2) is 4.39. The van der Waals surface area contributed by atoms with E-state index in [9.17, 15) is 0 Å².